The van der Waals surface area contributed by atoms with Crippen molar-refractivity contribution in [2.24, 2.45) is 0 Å². The molecule has 0 radical (unpaired) electrons. The number of benzene rings is 1. The molecule has 0 aliphatic rings. The molecule has 1 aromatic carbocycles. The van der Waals surface area contributed by atoms with Crippen LogP contribution in [0, 0.1) is 6.92 Å². The van der Waals surface area contributed by atoms with E-state index in [0.29, 0.717) is 6.42 Å². The first-order chi connectivity index (χ1) is 5.83. The molecule has 0 atom stereocenters. The molecule has 1 aromatic rings. The summed E-state index contributed by atoms with van der Waals surface area (Å²) in [6, 6.07) is 7.97. The van der Waals surface area contributed by atoms with Gasteiger partial charge in [-0.05, 0) is 12.5 Å². The first kappa shape index (κ1) is 10.9. The number of hydrogen-bond acceptors (Lipinski definition) is 1. The molecule has 0 N–H and O–H groups in total. The van der Waals surface area contributed by atoms with Crippen molar-refractivity contribution in [1.29, 1.82) is 0 Å². The van der Waals surface area contributed by atoms with E-state index in [4.69, 9.17) is 0 Å². The molecule has 0 aliphatic heterocycles. The molecule has 0 unspecified atom stereocenters. The van der Waals surface area contributed by atoms with Gasteiger partial charge in [0.1, 0.15) is 6.29 Å². The summed E-state index contributed by atoms with van der Waals surface area (Å²) in [5, 5.41) is 0. The van der Waals surface area contributed by atoms with Crippen LogP contribution in [-0.4, -0.2) is 6.29 Å². The number of aryl methyl sites for hydroxylation is 1. The van der Waals surface area contributed by atoms with Gasteiger partial charge >= 0.3 is 0 Å². The van der Waals surface area contributed by atoms with Crippen LogP contribution in [0.4, 0.5) is 0 Å². The van der Waals surface area contributed by atoms with Gasteiger partial charge in [0.2, 0.25) is 0 Å². The smallest absolute Gasteiger partial charge is 0.124 e. The molecule has 0 amide bonds. The summed E-state index contributed by atoms with van der Waals surface area (Å²) < 4.78 is 0. The van der Waals surface area contributed by atoms with E-state index in [9.17, 15) is 4.79 Å². The lowest BCUT2D eigenvalue weighted by atomic mass is 10.1. The van der Waals surface area contributed by atoms with E-state index in [1.54, 1.807) is 0 Å². The SMILES string of the molecule is CC.Cc1cccc(CC=O)c1. The van der Waals surface area contributed by atoms with Gasteiger partial charge in [-0.25, -0.2) is 0 Å². The average Bonchev–Trinajstić information content (AvgIpc) is 2.09. The molecule has 1 nitrogen and oxygen atoms in total. The Hall–Kier alpha value is -1.11. The Bertz CT molecular complexity index is 228. The van der Waals surface area contributed by atoms with E-state index < -0.39 is 0 Å². The van der Waals surface area contributed by atoms with Crippen LogP contribution in [0.25, 0.3) is 0 Å². The molecule has 0 bridgehead atoms. The van der Waals surface area contributed by atoms with Crippen LogP contribution in [0.15, 0.2) is 24.3 Å². The maximum Gasteiger partial charge on any atom is 0.124 e. The summed E-state index contributed by atoms with van der Waals surface area (Å²) in [4.78, 5) is 10.1. The second kappa shape index (κ2) is 6.59. The standard InChI is InChI=1S/C9H10O.C2H6/c1-8-3-2-4-9(7-8)5-6-10;1-2/h2-4,6-7H,5H2,1H3;1-2H3. The Labute approximate surface area is 74.4 Å². The van der Waals surface area contributed by atoms with Crippen molar-refractivity contribution in [2.75, 3.05) is 0 Å². The summed E-state index contributed by atoms with van der Waals surface area (Å²) in [5.74, 6) is 0. The molecular formula is C11H16O. The molecule has 0 aromatic heterocycles. The van der Waals surface area contributed by atoms with Gasteiger partial charge < -0.3 is 4.79 Å². The summed E-state index contributed by atoms with van der Waals surface area (Å²) in [6.45, 7) is 6.02. The lowest BCUT2D eigenvalue weighted by Crippen LogP contribution is -1.84. The lowest BCUT2D eigenvalue weighted by molar-refractivity contribution is -0.107. The zero-order valence-electron chi connectivity index (χ0n) is 8.00. The Morgan fingerprint density at radius 3 is 2.50 bits per heavy atom. The Balaban J connectivity index is 0.000000561. The van der Waals surface area contributed by atoms with Crippen molar-refractivity contribution in [2.45, 2.75) is 27.2 Å². The van der Waals surface area contributed by atoms with Gasteiger partial charge in [0.15, 0.2) is 0 Å². The van der Waals surface area contributed by atoms with E-state index in [1.165, 1.54) is 5.56 Å². The molecule has 66 valence electrons. The minimum atomic E-state index is 0.529. The summed E-state index contributed by atoms with van der Waals surface area (Å²) in [5.41, 5.74) is 2.30. The normalized spacial score (nSPS) is 8.25. The molecule has 0 fully saturated rings. The molecule has 0 spiro atoms. The summed E-state index contributed by atoms with van der Waals surface area (Å²) in [6.07, 6.45) is 1.45. The van der Waals surface area contributed by atoms with Crippen LogP contribution in [0.5, 0.6) is 0 Å². The molecule has 0 heterocycles. The van der Waals surface area contributed by atoms with E-state index in [0.717, 1.165) is 11.8 Å². The van der Waals surface area contributed by atoms with Crippen molar-refractivity contribution in [3.8, 4) is 0 Å². The number of carbonyl (C=O) groups is 1. The number of carbonyl (C=O) groups excluding carboxylic acids is 1. The number of rotatable bonds is 2. The van der Waals surface area contributed by atoms with Crippen LogP contribution in [0.2, 0.25) is 0 Å². The van der Waals surface area contributed by atoms with E-state index in [1.807, 2.05) is 45.0 Å². The topological polar surface area (TPSA) is 17.1 Å². The first-order valence-electron chi connectivity index (χ1n) is 4.32. The molecule has 1 rings (SSSR count). The zero-order chi connectivity index (χ0) is 9.40. The molecular weight excluding hydrogens is 148 g/mol. The van der Waals surface area contributed by atoms with Crippen LogP contribution in [-0.2, 0) is 11.2 Å². The second-order valence-corrected chi connectivity index (χ2v) is 2.36. The van der Waals surface area contributed by atoms with E-state index in [-0.39, 0.29) is 0 Å². The highest BCUT2D eigenvalue weighted by Crippen LogP contribution is 2.02. The Morgan fingerprint density at radius 2 is 2.00 bits per heavy atom. The van der Waals surface area contributed by atoms with Gasteiger partial charge in [-0.3, -0.25) is 0 Å². The fourth-order valence-corrected chi connectivity index (χ4v) is 0.935. The molecule has 0 saturated carbocycles. The Morgan fingerprint density at radius 1 is 1.33 bits per heavy atom. The number of aldehydes is 1. The third kappa shape index (κ3) is 3.91. The van der Waals surface area contributed by atoms with Crippen molar-refractivity contribution in [3.05, 3.63) is 35.4 Å². The highest BCUT2D eigenvalue weighted by molar-refractivity contribution is 5.54. The highest BCUT2D eigenvalue weighted by atomic mass is 16.1. The van der Waals surface area contributed by atoms with Crippen LogP contribution < -0.4 is 0 Å². The third-order valence-electron chi connectivity index (χ3n) is 1.40. The second-order valence-electron chi connectivity index (χ2n) is 2.36. The van der Waals surface area contributed by atoms with E-state index >= 15 is 0 Å². The van der Waals surface area contributed by atoms with Crippen molar-refractivity contribution >= 4 is 6.29 Å². The average molecular weight is 164 g/mol. The van der Waals surface area contributed by atoms with Crippen LogP contribution >= 0.6 is 0 Å². The van der Waals surface area contributed by atoms with Crippen molar-refractivity contribution < 1.29 is 4.79 Å². The predicted molar refractivity (Wildman–Crippen MR) is 52.3 cm³/mol. The molecule has 0 saturated heterocycles. The summed E-state index contributed by atoms with van der Waals surface area (Å²) >= 11 is 0. The molecule has 1 heteroatoms. The Kier molecular flexibility index (Phi) is 5.98. The monoisotopic (exact) mass is 164 g/mol. The third-order valence-corrected chi connectivity index (χ3v) is 1.40. The minimum absolute atomic E-state index is 0.529. The van der Waals surface area contributed by atoms with Gasteiger partial charge in [0, 0.05) is 6.42 Å². The largest absolute Gasteiger partial charge is 0.303 e. The lowest BCUT2D eigenvalue weighted by Gasteiger charge is -1.94. The van der Waals surface area contributed by atoms with Crippen LogP contribution in [0.3, 0.4) is 0 Å². The fraction of sp³-hybridized carbons (Fsp3) is 0.364. The quantitative estimate of drug-likeness (QED) is 0.614. The van der Waals surface area contributed by atoms with Crippen molar-refractivity contribution in [1.82, 2.24) is 0 Å². The maximum atomic E-state index is 10.1. The van der Waals surface area contributed by atoms with Crippen molar-refractivity contribution in [3.63, 3.8) is 0 Å². The highest BCUT2D eigenvalue weighted by Gasteiger charge is 1.89. The van der Waals surface area contributed by atoms with Crippen LogP contribution in [0.1, 0.15) is 25.0 Å². The minimum Gasteiger partial charge on any atom is -0.303 e. The summed E-state index contributed by atoms with van der Waals surface area (Å²) in [7, 11) is 0. The van der Waals surface area contributed by atoms with Gasteiger partial charge in [-0.1, -0.05) is 43.7 Å². The zero-order valence-corrected chi connectivity index (χ0v) is 8.00. The predicted octanol–water partition coefficient (Wildman–Crippen LogP) is 2.76. The van der Waals surface area contributed by atoms with Gasteiger partial charge in [0.25, 0.3) is 0 Å². The number of hydrogen-bond donors (Lipinski definition) is 0. The maximum absolute atomic E-state index is 10.1. The van der Waals surface area contributed by atoms with E-state index in [2.05, 4.69) is 0 Å². The van der Waals surface area contributed by atoms with Gasteiger partial charge in [-0.2, -0.15) is 0 Å². The van der Waals surface area contributed by atoms with Gasteiger partial charge in [0.05, 0.1) is 0 Å². The fourth-order valence-electron chi connectivity index (χ4n) is 0.935. The van der Waals surface area contributed by atoms with Gasteiger partial charge in [-0.15, -0.1) is 0 Å². The molecule has 12 heavy (non-hydrogen) atoms. The molecule has 0 aliphatic carbocycles. The first-order valence-corrected chi connectivity index (χ1v) is 4.32.